The van der Waals surface area contributed by atoms with Crippen molar-refractivity contribution in [1.29, 1.82) is 0 Å². The van der Waals surface area contributed by atoms with E-state index in [0.29, 0.717) is 37.7 Å². The Bertz CT molecular complexity index is 646. The third-order valence-corrected chi connectivity index (χ3v) is 3.78. The van der Waals surface area contributed by atoms with Crippen molar-refractivity contribution < 1.29 is 4.39 Å². The summed E-state index contributed by atoms with van der Waals surface area (Å²) >= 11 is 11.7. The lowest BCUT2D eigenvalue weighted by Crippen LogP contribution is -2.47. The van der Waals surface area contributed by atoms with Crippen LogP contribution in [0.1, 0.15) is 0 Å². The Hall–Kier alpha value is -1.66. The molecule has 0 radical (unpaired) electrons. The fourth-order valence-corrected chi connectivity index (χ4v) is 2.67. The first kappa shape index (κ1) is 14.3. The van der Waals surface area contributed by atoms with E-state index in [1.165, 1.54) is 6.07 Å². The highest BCUT2D eigenvalue weighted by Crippen LogP contribution is 2.25. The van der Waals surface area contributed by atoms with Crippen molar-refractivity contribution in [3.05, 3.63) is 40.5 Å². The van der Waals surface area contributed by atoms with Crippen LogP contribution in [0.3, 0.4) is 0 Å². The summed E-state index contributed by atoms with van der Waals surface area (Å²) in [4.78, 5) is 8.07. The Morgan fingerprint density at radius 1 is 0.952 bits per heavy atom. The molecule has 0 saturated carbocycles. The predicted octanol–water partition coefficient (Wildman–Crippen LogP) is 2.64. The van der Waals surface area contributed by atoms with E-state index < -0.39 is 0 Å². The van der Waals surface area contributed by atoms with Crippen molar-refractivity contribution in [2.45, 2.75) is 0 Å². The Balaban J connectivity index is 1.73. The van der Waals surface area contributed by atoms with Crippen molar-refractivity contribution in [3.63, 3.8) is 0 Å². The summed E-state index contributed by atoms with van der Waals surface area (Å²) in [5.74, 6) is 0.306. The van der Waals surface area contributed by atoms with Crippen molar-refractivity contribution in [1.82, 2.24) is 15.2 Å². The van der Waals surface area contributed by atoms with Crippen LogP contribution in [-0.4, -0.2) is 41.4 Å². The highest BCUT2D eigenvalue weighted by Gasteiger charge is 2.22. The van der Waals surface area contributed by atoms with Gasteiger partial charge in [-0.25, -0.2) is 4.39 Å². The first-order chi connectivity index (χ1) is 10.1. The van der Waals surface area contributed by atoms with Gasteiger partial charge in [-0.1, -0.05) is 23.7 Å². The van der Waals surface area contributed by atoms with Crippen LogP contribution < -0.4 is 9.80 Å². The zero-order chi connectivity index (χ0) is 14.8. The van der Waals surface area contributed by atoms with E-state index in [9.17, 15) is 4.39 Å². The normalized spacial score (nSPS) is 15.4. The van der Waals surface area contributed by atoms with Crippen molar-refractivity contribution in [2.24, 2.45) is 0 Å². The molecule has 0 atom stereocenters. The molecule has 1 aromatic carbocycles. The lowest BCUT2D eigenvalue weighted by molar-refractivity contribution is 0.595. The Labute approximate surface area is 131 Å². The highest BCUT2D eigenvalue weighted by molar-refractivity contribution is 6.32. The first-order valence-electron chi connectivity index (χ1n) is 6.45. The zero-order valence-corrected chi connectivity index (χ0v) is 12.5. The number of halogens is 3. The Morgan fingerprint density at radius 2 is 1.62 bits per heavy atom. The van der Waals surface area contributed by atoms with E-state index >= 15 is 0 Å². The number of hydrogen-bond donors (Lipinski definition) is 0. The third-order valence-electron chi connectivity index (χ3n) is 3.38. The van der Waals surface area contributed by atoms with Gasteiger partial charge in [0.05, 0.1) is 5.69 Å². The van der Waals surface area contributed by atoms with Gasteiger partial charge in [0, 0.05) is 26.2 Å². The molecule has 110 valence electrons. The molecular formula is C13H12Cl2FN5. The Kier molecular flexibility index (Phi) is 4.07. The fourth-order valence-electron chi connectivity index (χ4n) is 2.35. The number of piperazine rings is 1. The van der Waals surface area contributed by atoms with E-state index in [4.69, 9.17) is 23.2 Å². The summed E-state index contributed by atoms with van der Waals surface area (Å²) in [7, 11) is 0. The van der Waals surface area contributed by atoms with Crippen LogP contribution in [-0.2, 0) is 0 Å². The van der Waals surface area contributed by atoms with Gasteiger partial charge in [-0.05, 0) is 23.7 Å². The SMILES string of the molecule is Fc1ccccc1N1CCN(c2nc(Cl)nnc2Cl)CC1. The van der Waals surface area contributed by atoms with E-state index in [0.717, 1.165) is 0 Å². The van der Waals surface area contributed by atoms with Crippen molar-refractivity contribution in [2.75, 3.05) is 36.0 Å². The number of anilines is 2. The molecule has 0 aliphatic carbocycles. The largest absolute Gasteiger partial charge is 0.366 e. The molecule has 0 spiro atoms. The Morgan fingerprint density at radius 3 is 2.33 bits per heavy atom. The van der Waals surface area contributed by atoms with Crippen LogP contribution >= 0.6 is 23.2 Å². The molecule has 8 heteroatoms. The molecule has 0 N–H and O–H groups in total. The molecule has 2 heterocycles. The van der Waals surface area contributed by atoms with Gasteiger partial charge in [0.25, 0.3) is 0 Å². The second-order valence-corrected chi connectivity index (χ2v) is 5.32. The number of rotatable bonds is 2. The molecule has 5 nitrogen and oxygen atoms in total. The lowest BCUT2D eigenvalue weighted by atomic mass is 10.2. The topological polar surface area (TPSA) is 45.2 Å². The van der Waals surface area contributed by atoms with Gasteiger partial charge in [0.15, 0.2) is 11.0 Å². The molecule has 2 aromatic rings. The maximum absolute atomic E-state index is 13.8. The minimum Gasteiger partial charge on any atom is -0.366 e. The maximum Gasteiger partial charge on any atom is 0.245 e. The molecule has 1 aliphatic rings. The zero-order valence-electron chi connectivity index (χ0n) is 11.0. The molecule has 21 heavy (non-hydrogen) atoms. The van der Waals surface area contributed by atoms with Crippen molar-refractivity contribution >= 4 is 34.7 Å². The number of aromatic nitrogens is 3. The van der Waals surface area contributed by atoms with Crippen LogP contribution in [0.2, 0.25) is 10.4 Å². The summed E-state index contributed by atoms with van der Waals surface area (Å²) in [5, 5.41) is 7.63. The summed E-state index contributed by atoms with van der Waals surface area (Å²) in [6.45, 7) is 2.64. The number of para-hydroxylation sites is 1. The molecule has 3 rings (SSSR count). The van der Waals surface area contributed by atoms with Gasteiger partial charge >= 0.3 is 0 Å². The smallest absolute Gasteiger partial charge is 0.245 e. The molecule has 0 amide bonds. The molecule has 1 saturated heterocycles. The van der Waals surface area contributed by atoms with Gasteiger partial charge in [0.2, 0.25) is 5.28 Å². The molecule has 0 unspecified atom stereocenters. The maximum atomic E-state index is 13.8. The summed E-state index contributed by atoms with van der Waals surface area (Å²) < 4.78 is 13.8. The number of nitrogens with zero attached hydrogens (tertiary/aromatic N) is 5. The molecule has 1 aromatic heterocycles. The average molecular weight is 328 g/mol. The van der Waals surface area contributed by atoms with E-state index in [-0.39, 0.29) is 16.3 Å². The summed E-state index contributed by atoms with van der Waals surface area (Å²) in [6, 6.07) is 6.76. The summed E-state index contributed by atoms with van der Waals surface area (Å²) in [6.07, 6.45) is 0. The minimum absolute atomic E-state index is 0.0610. The quantitative estimate of drug-likeness (QED) is 0.848. The van der Waals surface area contributed by atoms with Crippen LogP contribution in [0.5, 0.6) is 0 Å². The van der Waals surface area contributed by atoms with E-state index in [1.54, 1.807) is 12.1 Å². The van der Waals surface area contributed by atoms with Crippen LogP contribution in [0, 0.1) is 5.82 Å². The average Bonchev–Trinajstić information content (AvgIpc) is 2.50. The van der Waals surface area contributed by atoms with Crippen molar-refractivity contribution in [3.8, 4) is 0 Å². The highest BCUT2D eigenvalue weighted by atomic mass is 35.5. The molecule has 1 fully saturated rings. The summed E-state index contributed by atoms with van der Waals surface area (Å²) in [5.41, 5.74) is 0.613. The van der Waals surface area contributed by atoms with E-state index in [2.05, 4.69) is 15.2 Å². The molecule has 0 bridgehead atoms. The number of hydrogen-bond acceptors (Lipinski definition) is 5. The fraction of sp³-hybridized carbons (Fsp3) is 0.308. The van der Waals surface area contributed by atoms with Crippen LogP contribution in [0.15, 0.2) is 24.3 Å². The minimum atomic E-state index is -0.212. The second-order valence-electron chi connectivity index (χ2n) is 4.62. The second kappa shape index (κ2) is 5.99. The standard InChI is InChI=1S/C13H12Cl2FN5/c14-11-12(17-13(15)19-18-11)21-7-5-20(6-8-21)10-4-2-1-3-9(10)16/h1-4H,5-8H2. The monoisotopic (exact) mass is 327 g/mol. The van der Waals surface area contributed by atoms with Gasteiger partial charge in [0.1, 0.15) is 5.82 Å². The van der Waals surface area contributed by atoms with E-state index in [1.807, 2.05) is 15.9 Å². The third kappa shape index (κ3) is 3.01. The molecular weight excluding hydrogens is 316 g/mol. The predicted molar refractivity (Wildman–Crippen MR) is 80.7 cm³/mol. The van der Waals surface area contributed by atoms with Gasteiger partial charge in [-0.2, -0.15) is 4.98 Å². The van der Waals surface area contributed by atoms with Crippen LogP contribution in [0.25, 0.3) is 0 Å². The van der Waals surface area contributed by atoms with Gasteiger partial charge in [-0.3, -0.25) is 0 Å². The first-order valence-corrected chi connectivity index (χ1v) is 7.21. The van der Waals surface area contributed by atoms with Crippen LogP contribution in [0.4, 0.5) is 15.9 Å². The molecule has 1 aliphatic heterocycles. The lowest BCUT2D eigenvalue weighted by Gasteiger charge is -2.36. The number of benzene rings is 1. The van der Waals surface area contributed by atoms with Gasteiger partial charge in [-0.15, -0.1) is 10.2 Å². The van der Waals surface area contributed by atoms with Gasteiger partial charge < -0.3 is 9.80 Å².